The Morgan fingerprint density at radius 3 is 1.31 bits per heavy atom. The van der Waals surface area contributed by atoms with Crippen molar-refractivity contribution >= 4 is 66.8 Å². The molecule has 0 aliphatic rings. The Labute approximate surface area is 344 Å². The van der Waals surface area contributed by atoms with Crippen LogP contribution in [0, 0.1) is 0 Å². The number of aromatic carboxylic acids is 2. The van der Waals surface area contributed by atoms with Gasteiger partial charge in [0.05, 0.1) is 22.3 Å². The van der Waals surface area contributed by atoms with Crippen molar-refractivity contribution in [2.24, 2.45) is 0 Å². The molecule has 0 aliphatic carbocycles. The van der Waals surface area contributed by atoms with Gasteiger partial charge in [0.1, 0.15) is 0 Å². The maximum absolute atomic E-state index is 14.6. The first kappa shape index (κ1) is 44.4. The summed E-state index contributed by atoms with van der Waals surface area (Å²) < 4.78 is 0. The summed E-state index contributed by atoms with van der Waals surface area (Å²) in [5, 5.41) is 32.0. The van der Waals surface area contributed by atoms with Crippen LogP contribution in [0.3, 0.4) is 0 Å². The van der Waals surface area contributed by atoms with Gasteiger partial charge in [-0.2, -0.15) is 0 Å². The molecule has 2 amide bonds. The van der Waals surface area contributed by atoms with Gasteiger partial charge in [0, 0.05) is 23.9 Å². The minimum absolute atomic E-state index is 0.0183. The van der Waals surface area contributed by atoms with Crippen LogP contribution in [0.15, 0.2) is 48.5 Å². The Hall–Kier alpha value is -4.72. The van der Waals surface area contributed by atoms with E-state index in [1.165, 1.54) is 96.0 Å². The molecular weight excluding hydrogens is 725 g/mol. The highest BCUT2D eigenvalue weighted by atomic mass is 16.4. The van der Waals surface area contributed by atoms with Crippen LogP contribution < -0.4 is 10.6 Å². The Morgan fingerprint density at radius 2 is 0.845 bits per heavy atom. The lowest BCUT2D eigenvalue weighted by molar-refractivity contribution is 0.0692. The number of rotatable bonds is 28. The molecule has 0 fully saturated rings. The molecule has 0 atom stereocenters. The van der Waals surface area contributed by atoms with Crippen LogP contribution in [0.25, 0.3) is 43.1 Å². The van der Waals surface area contributed by atoms with E-state index in [0.29, 0.717) is 41.1 Å². The molecule has 0 aromatic heterocycles. The Balaban J connectivity index is 1.44. The van der Waals surface area contributed by atoms with E-state index in [9.17, 15) is 29.4 Å². The van der Waals surface area contributed by atoms with Gasteiger partial charge in [0.15, 0.2) is 0 Å². The molecule has 0 spiro atoms. The Kier molecular flexibility index (Phi) is 17.6. The van der Waals surface area contributed by atoms with Crippen LogP contribution in [-0.4, -0.2) is 47.1 Å². The van der Waals surface area contributed by atoms with E-state index >= 15 is 0 Å². The smallest absolute Gasteiger partial charge is 0.337 e. The number of amides is 2. The molecule has 0 radical (unpaired) electrons. The lowest BCUT2D eigenvalue weighted by atomic mass is 9.81. The summed E-state index contributed by atoms with van der Waals surface area (Å²) in [4.78, 5) is 55.3. The average molecular weight is 791 g/mol. The van der Waals surface area contributed by atoms with Crippen molar-refractivity contribution in [1.29, 1.82) is 0 Å². The summed E-state index contributed by atoms with van der Waals surface area (Å²) in [6, 6.07) is 14.7. The van der Waals surface area contributed by atoms with Crippen molar-refractivity contribution in [3.05, 3.63) is 70.8 Å². The molecule has 5 aromatic carbocycles. The van der Waals surface area contributed by atoms with Crippen LogP contribution in [0.1, 0.15) is 197 Å². The number of carboxylic acids is 2. The molecule has 0 saturated heterocycles. The fraction of sp³-hybridized carbons (Fsp3) is 0.520. The lowest BCUT2D eigenvalue weighted by Gasteiger charge is -2.23. The highest BCUT2D eigenvalue weighted by Gasteiger charge is 2.34. The van der Waals surface area contributed by atoms with Gasteiger partial charge >= 0.3 is 11.9 Å². The zero-order valence-corrected chi connectivity index (χ0v) is 35.1. The van der Waals surface area contributed by atoms with Gasteiger partial charge in [-0.15, -0.1) is 0 Å². The maximum atomic E-state index is 14.6. The number of carbonyl (C=O) groups is 4. The van der Waals surface area contributed by atoms with Crippen molar-refractivity contribution in [3.63, 3.8) is 0 Å². The number of unbranched alkanes of at least 4 members (excludes halogenated alkanes) is 20. The molecule has 312 valence electrons. The highest BCUT2D eigenvalue weighted by molar-refractivity contribution is 6.40. The van der Waals surface area contributed by atoms with E-state index in [1.54, 1.807) is 6.07 Å². The summed E-state index contributed by atoms with van der Waals surface area (Å²) in [5.41, 5.74) is -0.988. The first-order valence-corrected chi connectivity index (χ1v) is 22.5. The lowest BCUT2D eigenvalue weighted by Crippen LogP contribution is -2.33. The van der Waals surface area contributed by atoms with Crippen LogP contribution in [0.2, 0.25) is 0 Å². The van der Waals surface area contributed by atoms with Crippen LogP contribution >= 0.6 is 0 Å². The van der Waals surface area contributed by atoms with Crippen molar-refractivity contribution in [1.82, 2.24) is 10.6 Å². The fourth-order valence-electron chi connectivity index (χ4n) is 8.89. The molecule has 58 heavy (non-hydrogen) atoms. The highest BCUT2D eigenvalue weighted by Crippen LogP contribution is 2.45. The van der Waals surface area contributed by atoms with E-state index in [2.05, 4.69) is 24.5 Å². The Bertz CT molecular complexity index is 2130. The minimum atomic E-state index is -1.46. The summed E-state index contributed by atoms with van der Waals surface area (Å²) >= 11 is 0. The molecule has 0 heterocycles. The molecule has 0 saturated carbocycles. The fourth-order valence-corrected chi connectivity index (χ4v) is 8.89. The van der Waals surface area contributed by atoms with E-state index in [1.807, 2.05) is 36.4 Å². The van der Waals surface area contributed by atoms with Gasteiger partial charge in [-0.1, -0.05) is 185 Å². The SMILES string of the molecule is CCCCCCCCCCCCCNC(=O)c1c(C(=O)O)c2c(C(=O)O)ccc3c4cccc5cccc(c(c1C(=O)NCCCCCCCCCCCCC)c23)c54. The maximum Gasteiger partial charge on any atom is 0.337 e. The van der Waals surface area contributed by atoms with Gasteiger partial charge in [0.2, 0.25) is 0 Å². The van der Waals surface area contributed by atoms with Gasteiger partial charge in [-0.25, -0.2) is 9.59 Å². The number of fused-ring (bicyclic) bond motifs is 2. The number of hydrogen-bond acceptors (Lipinski definition) is 4. The van der Waals surface area contributed by atoms with Gasteiger partial charge < -0.3 is 20.8 Å². The molecular formula is C50H66N2O6. The van der Waals surface area contributed by atoms with Crippen molar-refractivity contribution in [2.75, 3.05) is 13.1 Å². The summed E-state index contributed by atoms with van der Waals surface area (Å²) in [7, 11) is 0. The van der Waals surface area contributed by atoms with E-state index in [-0.39, 0.29) is 22.1 Å². The van der Waals surface area contributed by atoms with Crippen molar-refractivity contribution < 1.29 is 29.4 Å². The predicted octanol–water partition coefficient (Wildman–Crippen LogP) is 13.2. The zero-order valence-electron chi connectivity index (χ0n) is 35.1. The second kappa shape index (κ2) is 23.0. The molecule has 4 N–H and O–H groups in total. The molecule has 0 bridgehead atoms. The molecule has 8 nitrogen and oxygen atoms in total. The summed E-state index contributed by atoms with van der Waals surface area (Å²) in [5.74, 6) is -3.98. The molecule has 5 rings (SSSR count). The predicted molar refractivity (Wildman–Crippen MR) is 239 cm³/mol. The van der Waals surface area contributed by atoms with Crippen molar-refractivity contribution in [3.8, 4) is 0 Å². The number of benzene rings is 5. The third kappa shape index (κ3) is 11.1. The largest absolute Gasteiger partial charge is 0.478 e. The summed E-state index contributed by atoms with van der Waals surface area (Å²) in [6.45, 7) is 5.15. The third-order valence-corrected chi connectivity index (χ3v) is 11.9. The number of nitrogens with one attached hydrogen (secondary N) is 2. The average Bonchev–Trinajstić information content (AvgIpc) is 3.22. The molecule has 8 heteroatoms. The van der Waals surface area contributed by atoms with Crippen molar-refractivity contribution in [2.45, 2.75) is 155 Å². The van der Waals surface area contributed by atoms with Gasteiger partial charge in [-0.3, -0.25) is 9.59 Å². The van der Waals surface area contributed by atoms with Crippen LogP contribution in [-0.2, 0) is 0 Å². The third-order valence-electron chi connectivity index (χ3n) is 11.9. The van der Waals surface area contributed by atoms with E-state index < -0.39 is 29.3 Å². The number of carboxylic acid groups (broad SMARTS) is 2. The second-order valence-electron chi connectivity index (χ2n) is 16.3. The van der Waals surface area contributed by atoms with Gasteiger partial charge in [0.25, 0.3) is 11.8 Å². The normalized spacial score (nSPS) is 11.6. The topological polar surface area (TPSA) is 133 Å². The minimum Gasteiger partial charge on any atom is -0.478 e. The molecule has 5 aromatic rings. The Morgan fingerprint density at radius 1 is 0.414 bits per heavy atom. The molecule has 0 aliphatic heterocycles. The first-order chi connectivity index (χ1) is 28.3. The quantitative estimate of drug-likeness (QED) is 0.0226. The first-order valence-electron chi connectivity index (χ1n) is 22.5. The number of carbonyl (C=O) groups excluding carboxylic acids is 2. The number of hydrogen-bond donors (Lipinski definition) is 4. The van der Waals surface area contributed by atoms with E-state index in [0.717, 1.165) is 61.1 Å². The zero-order chi connectivity index (χ0) is 41.3. The second-order valence-corrected chi connectivity index (χ2v) is 16.3. The van der Waals surface area contributed by atoms with Crippen LogP contribution in [0.5, 0.6) is 0 Å². The summed E-state index contributed by atoms with van der Waals surface area (Å²) in [6.07, 6.45) is 25.5. The molecule has 0 unspecified atom stereocenters. The van der Waals surface area contributed by atoms with Gasteiger partial charge in [-0.05, 0) is 51.2 Å². The monoisotopic (exact) mass is 790 g/mol. The van der Waals surface area contributed by atoms with E-state index in [4.69, 9.17) is 0 Å². The van der Waals surface area contributed by atoms with Crippen LogP contribution in [0.4, 0.5) is 0 Å². The standard InChI is InChI=1S/C50H66N2O6/c1-3-5-7-9-11-13-15-17-19-21-23-33-51-47(53)44-42-38-30-26-28-35-27-25-29-36(40(35)38)37-31-32-39(49(55)56)43(41(37)42)46(50(57)58)45(44)48(54)52-34-24-22-20-18-16-14-12-10-8-6-4-2/h25-32H,3-24,33-34H2,1-2H3,(H,51,53)(H,52,54)(H,55,56)(H,57,58).